The molecule has 0 spiro atoms. The fourth-order valence-corrected chi connectivity index (χ4v) is 3.32. The number of nitrogens with one attached hydrogen (secondary N) is 1. The summed E-state index contributed by atoms with van der Waals surface area (Å²) in [6, 6.07) is 9.61. The lowest BCUT2D eigenvalue weighted by molar-refractivity contribution is -0.115. The predicted octanol–water partition coefficient (Wildman–Crippen LogP) is 3.78. The highest BCUT2D eigenvalue weighted by atomic mass is 79.9. The lowest BCUT2D eigenvalue weighted by Gasteiger charge is -2.20. The number of fused-ring (bicyclic) bond motifs is 1. The Morgan fingerprint density at radius 1 is 1.16 bits per heavy atom. The van der Waals surface area contributed by atoms with Crippen molar-refractivity contribution >= 4 is 33.2 Å². The summed E-state index contributed by atoms with van der Waals surface area (Å²) in [5, 5.41) is 2.95. The number of carbonyl (C=O) groups is 1. The van der Waals surface area contributed by atoms with Crippen LogP contribution in [0.5, 0.6) is 11.5 Å². The zero-order chi connectivity index (χ0) is 18.0. The van der Waals surface area contributed by atoms with E-state index in [1.165, 1.54) is 0 Å². The molecule has 2 aromatic carbocycles. The molecular weight excluding hydrogens is 384 g/mol. The van der Waals surface area contributed by atoms with E-state index in [0.717, 1.165) is 27.0 Å². The maximum atomic E-state index is 12.4. The van der Waals surface area contributed by atoms with Gasteiger partial charge in [-0.25, -0.2) is 0 Å². The first-order chi connectivity index (χ1) is 11.9. The molecule has 132 valence electrons. The van der Waals surface area contributed by atoms with Crippen molar-refractivity contribution in [2.75, 3.05) is 37.5 Å². The van der Waals surface area contributed by atoms with Gasteiger partial charge in [0.2, 0.25) is 5.91 Å². The number of amides is 1. The molecule has 1 N–H and O–H groups in total. The van der Waals surface area contributed by atoms with E-state index in [-0.39, 0.29) is 12.3 Å². The first-order valence-electron chi connectivity index (χ1n) is 8.10. The van der Waals surface area contributed by atoms with Crippen LogP contribution >= 0.6 is 15.9 Å². The van der Waals surface area contributed by atoms with Crippen LogP contribution in [0.15, 0.2) is 34.8 Å². The SMILES string of the molecule is Cc1cc(NC(=O)Cc2cc3c(cc2Br)OCCO3)ccc1N(C)C. The van der Waals surface area contributed by atoms with Crippen LogP contribution in [-0.2, 0) is 11.2 Å². The highest BCUT2D eigenvalue weighted by Gasteiger charge is 2.16. The van der Waals surface area contributed by atoms with Gasteiger partial charge in [0.25, 0.3) is 0 Å². The molecule has 0 atom stereocenters. The van der Waals surface area contributed by atoms with Crippen molar-refractivity contribution in [2.24, 2.45) is 0 Å². The van der Waals surface area contributed by atoms with E-state index in [1.54, 1.807) is 0 Å². The molecule has 0 unspecified atom stereocenters. The summed E-state index contributed by atoms with van der Waals surface area (Å²) in [5.74, 6) is 1.31. The number of halogens is 1. The zero-order valence-corrected chi connectivity index (χ0v) is 16.1. The van der Waals surface area contributed by atoms with Gasteiger partial charge in [0.15, 0.2) is 11.5 Å². The van der Waals surface area contributed by atoms with Crippen LogP contribution in [0.1, 0.15) is 11.1 Å². The molecule has 0 fully saturated rings. The first-order valence-corrected chi connectivity index (χ1v) is 8.89. The van der Waals surface area contributed by atoms with Crippen molar-refractivity contribution in [3.63, 3.8) is 0 Å². The van der Waals surface area contributed by atoms with Crippen LogP contribution in [0.4, 0.5) is 11.4 Å². The second kappa shape index (κ2) is 7.35. The molecule has 0 aromatic heterocycles. The van der Waals surface area contributed by atoms with Crippen LogP contribution < -0.4 is 19.7 Å². The fraction of sp³-hybridized carbons (Fsp3) is 0.316. The lowest BCUT2D eigenvalue weighted by Crippen LogP contribution is -2.18. The maximum absolute atomic E-state index is 12.4. The Morgan fingerprint density at radius 3 is 2.48 bits per heavy atom. The molecule has 1 heterocycles. The maximum Gasteiger partial charge on any atom is 0.228 e. The second-order valence-electron chi connectivity index (χ2n) is 6.21. The van der Waals surface area contributed by atoms with E-state index >= 15 is 0 Å². The van der Waals surface area contributed by atoms with Gasteiger partial charge in [0.1, 0.15) is 13.2 Å². The summed E-state index contributed by atoms with van der Waals surface area (Å²) in [6.07, 6.45) is 0.256. The number of nitrogens with zero attached hydrogens (tertiary/aromatic N) is 1. The Balaban J connectivity index is 1.72. The summed E-state index contributed by atoms with van der Waals surface area (Å²) in [7, 11) is 4.00. The number of carbonyl (C=O) groups excluding carboxylic acids is 1. The van der Waals surface area contributed by atoms with Gasteiger partial charge in [-0.3, -0.25) is 4.79 Å². The Hall–Kier alpha value is -2.21. The Labute approximate surface area is 156 Å². The Morgan fingerprint density at radius 2 is 1.84 bits per heavy atom. The minimum atomic E-state index is -0.0746. The lowest BCUT2D eigenvalue weighted by atomic mass is 10.1. The van der Waals surface area contributed by atoms with Crippen molar-refractivity contribution in [2.45, 2.75) is 13.3 Å². The number of rotatable bonds is 4. The second-order valence-corrected chi connectivity index (χ2v) is 7.06. The van der Waals surface area contributed by atoms with Crippen molar-refractivity contribution in [1.29, 1.82) is 0 Å². The minimum Gasteiger partial charge on any atom is -0.486 e. The van der Waals surface area contributed by atoms with Gasteiger partial charge in [0, 0.05) is 29.9 Å². The van der Waals surface area contributed by atoms with Crippen LogP contribution in [-0.4, -0.2) is 33.2 Å². The van der Waals surface area contributed by atoms with Crippen molar-refractivity contribution in [3.05, 3.63) is 45.9 Å². The molecule has 1 amide bonds. The van der Waals surface area contributed by atoms with E-state index in [2.05, 4.69) is 21.2 Å². The summed E-state index contributed by atoms with van der Waals surface area (Å²) >= 11 is 3.51. The predicted molar refractivity (Wildman–Crippen MR) is 103 cm³/mol. The summed E-state index contributed by atoms with van der Waals surface area (Å²) in [6.45, 7) is 3.10. The Kier molecular flexibility index (Phi) is 5.18. The molecule has 0 aliphatic carbocycles. The van der Waals surface area contributed by atoms with Gasteiger partial charge in [0.05, 0.1) is 6.42 Å². The minimum absolute atomic E-state index is 0.0746. The molecule has 3 rings (SSSR count). The molecule has 0 saturated heterocycles. The Bertz CT molecular complexity index is 805. The standard InChI is InChI=1S/C19H21BrN2O3/c1-12-8-14(4-5-16(12)22(2)3)21-19(23)10-13-9-17-18(11-15(13)20)25-7-6-24-17/h4-5,8-9,11H,6-7,10H2,1-3H3,(H,21,23). The van der Waals surface area contributed by atoms with Crippen LogP contribution in [0, 0.1) is 6.92 Å². The first kappa shape index (κ1) is 17.6. The number of ether oxygens (including phenoxy) is 2. The summed E-state index contributed by atoms with van der Waals surface area (Å²) in [4.78, 5) is 14.5. The average molecular weight is 405 g/mol. The van der Waals surface area contributed by atoms with Crippen LogP contribution in [0.25, 0.3) is 0 Å². The summed E-state index contributed by atoms with van der Waals surface area (Å²) in [5.41, 5.74) is 3.90. The van der Waals surface area contributed by atoms with Gasteiger partial charge >= 0.3 is 0 Å². The number of benzene rings is 2. The number of anilines is 2. The van der Waals surface area contributed by atoms with Gasteiger partial charge in [-0.1, -0.05) is 15.9 Å². The van der Waals surface area contributed by atoms with E-state index in [1.807, 2.05) is 56.3 Å². The van der Waals surface area contributed by atoms with Crippen molar-refractivity contribution in [1.82, 2.24) is 0 Å². The van der Waals surface area contributed by atoms with E-state index in [0.29, 0.717) is 24.7 Å². The molecular formula is C19H21BrN2O3. The fourth-order valence-electron chi connectivity index (χ4n) is 2.85. The van der Waals surface area contributed by atoms with Gasteiger partial charge in [-0.05, 0) is 48.4 Å². The highest BCUT2D eigenvalue weighted by molar-refractivity contribution is 9.10. The summed E-state index contributed by atoms with van der Waals surface area (Å²) < 4.78 is 12.0. The number of aryl methyl sites for hydroxylation is 1. The average Bonchev–Trinajstić information content (AvgIpc) is 2.55. The molecule has 0 radical (unpaired) electrons. The normalized spacial score (nSPS) is 12.6. The zero-order valence-electron chi connectivity index (χ0n) is 14.6. The van der Waals surface area contributed by atoms with Gasteiger partial charge in [-0.15, -0.1) is 0 Å². The third kappa shape index (κ3) is 4.07. The van der Waals surface area contributed by atoms with Crippen LogP contribution in [0.2, 0.25) is 0 Å². The number of hydrogen-bond acceptors (Lipinski definition) is 4. The molecule has 0 saturated carbocycles. The van der Waals surface area contributed by atoms with Crippen molar-refractivity contribution in [3.8, 4) is 11.5 Å². The molecule has 1 aliphatic heterocycles. The molecule has 1 aliphatic rings. The largest absolute Gasteiger partial charge is 0.486 e. The molecule has 25 heavy (non-hydrogen) atoms. The van der Waals surface area contributed by atoms with E-state index in [9.17, 15) is 4.79 Å². The third-order valence-electron chi connectivity index (χ3n) is 4.02. The molecule has 0 bridgehead atoms. The topological polar surface area (TPSA) is 50.8 Å². The highest BCUT2D eigenvalue weighted by Crippen LogP contribution is 2.35. The van der Waals surface area contributed by atoms with Gasteiger partial charge in [-0.2, -0.15) is 0 Å². The van der Waals surface area contributed by atoms with Crippen LogP contribution in [0.3, 0.4) is 0 Å². The molecule has 6 heteroatoms. The third-order valence-corrected chi connectivity index (χ3v) is 4.76. The monoisotopic (exact) mass is 404 g/mol. The smallest absolute Gasteiger partial charge is 0.228 e. The van der Waals surface area contributed by atoms with E-state index in [4.69, 9.17) is 9.47 Å². The molecule has 5 nitrogen and oxygen atoms in total. The number of hydrogen-bond donors (Lipinski definition) is 1. The quantitative estimate of drug-likeness (QED) is 0.842. The molecule has 2 aromatic rings. The van der Waals surface area contributed by atoms with E-state index < -0.39 is 0 Å². The van der Waals surface area contributed by atoms with Gasteiger partial charge < -0.3 is 19.7 Å². The van der Waals surface area contributed by atoms with Crippen molar-refractivity contribution < 1.29 is 14.3 Å².